The number of carbonyl (C=O) groups excluding carboxylic acids is 1. The van der Waals surface area contributed by atoms with Gasteiger partial charge in [-0.05, 0) is 12.8 Å². The van der Waals surface area contributed by atoms with E-state index in [-0.39, 0.29) is 11.8 Å². The lowest BCUT2D eigenvalue weighted by Crippen LogP contribution is -2.41. The number of rotatable bonds is 6. The fraction of sp³-hybridized carbons (Fsp3) is 0.706. The molecule has 1 N–H and O–H groups in total. The van der Waals surface area contributed by atoms with E-state index in [9.17, 15) is 4.79 Å². The van der Waals surface area contributed by atoms with E-state index in [1.54, 1.807) is 7.11 Å². The molecule has 0 aliphatic carbocycles. The number of thioether (sulfide) groups is 1. The molecule has 3 heterocycles. The SMILES string of the molecule is COCCNC(=O)C1CCN(c2cnc(N3CCSCC3)nc2)CC1. The minimum absolute atomic E-state index is 0.0964. The van der Waals surface area contributed by atoms with Crippen LogP contribution in [0, 0.1) is 5.92 Å². The second-order valence-corrected chi connectivity index (χ2v) is 7.61. The molecule has 25 heavy (non-hydrogen) atoms. The zero-order chi connectivity index (χ0) is 17.5. The average molecular weight is 366 g/mol. The third-order valence-corrected chi connectivity index (χ3v) is 5.70. The first kappa shape index (κ1) is 18.3. The highest BCUT2D eigenvalue weighted by atomic mass is 32.2. The molecule has 0 radical (unpaired) electrons. The summed E-state index contributed by atoms with van der Waals surface area (Å²) in [6.07, 6.45) is 5.57. The summed E-state index contributed by atoms with van der Waals surface area (Å²) >= 11 is 1.98. The largest absolute Gasteiger partial charge is 0.383 e. The molecule has 138 valence electrons. The number of carbonyl (C=O) groups is 1. The highest BCUT2D eigenvalue weighted by molar-refractivity contribution is 7.99. The summed E-state index contributed by atoms with van der Waals surface area (Å²) in [7, 11) is 1.64. The van der Waals surface area contributed by atoms with Gasteiger partial charge in [-0.25, -0.2) is 9.97 Å². The third kappa shape index (κ3) is 4.98. The summed E-state index contributed by atoms with van der Waals surface area (Å²) in [5.41, 5.74) is 1.05. The van der Waals surface area contributed by atoms with E-state index in [1.807, 2.05) is 24.2 Å². The molecule has 2 aliphatic heterocycles. The molecule has 0 atom stereocenters. The Morgan fingerprint density at radius 3 is 2.52 bits per heavy atom. The molecule has 1 aromatic rings. The van der Waals surface area contributed by atoms with Crippen molar-refractivity contribution in [3.05, 3.63) is 12.4 Å². The minimum Gasteiger partial charge on any atom is -0.383 e. The van der Waals surface area contributed by atoms with Crippen LogP contribution in [0.4, 0.5) is 11.6 Å². The Balaban J connectivity index is 1.48. The fourth-order valence-corrected chi connectivity index (χ4v) is 4.13. The number of nitrogens with zero attached hydrogens (tertiary/aromatic N) is 4. The van der Waals surface area contributed by atoms with Crippen LogP contribution in [0.1, 0.15) is 12.8 Å². The van der Waals surface area contributed by atoms with E-state index in [2.05, 4.69) is 25.1 Å². The van der Waals surface area contributed by atoms with Gasteiger partial charge in [-0.2, -0.15) is 11.8 Å². The Hall–Kier alpha value is -1.54. The highest BCUT2D eigenvalue weighted by Crippen LogP contribution is 2.23. The Labute approximate surface area is 153 Å². The minimum atomic E-state index is 0.0964. The molecule has 2 fully saturated rings. The summed E-state index contributed by atoms with van der Waals surface area (Å²) < 4.78 is 4.97. The van der Waals surface area contributed by atoms with E-state index < -0.39 is 0 Å². The van der Waals surface area contributed by atoms with Crippen LogP contribution in [0.3, 0.4) is 0 Å². The first-order chi connectivity index (χ1) is 12.3. The fourth-order valence-electron chi connectivity index (χ4n) is 3.22. The van der Waals surface area contributed by atoms with Crippen LogP contribution in [0.25, 0.3) is 0 Å². The maximum absolute atomic E-state index is 12.1. The molecule has 1 amide bonds. The van der Waals surface area contributed by atoms with Gasteiger partial charge in [0.25, 0.3) is 0 Å². The lowest BCUT2D eigenvalue weighted by molar-refractivity contribution is -0.125. The molecular formula is C17H27N5O2S. The summed E-state index contributed by atoms with van der Waals surface area (Å²) in [5, 5.41) is 2.94. The predicted octanol–water partition coefficient (Wildman–Crippen LogP) is 1.01. The van der Waals surface area contributed by atoms with E-state index in [0.717, 1.165) is 62.2 Å². The van der Waals surface area contributed by atoms with Gasteiger partial charge in [0.1, 0.15) is 0 Å². The number of aromatic nitrogens is 2. The normalized spacial score (nSPS) is 19.1. The van der Waals surface area contributed by atoms with Gasteiger partial charge in [0.15, 0.2) is 0 Å². The number of hydrogen-bond acceptors (Lipinski definition) is 7. The van der Waals surface area contributed by atoms with E-state index in [4.69, 9.17) is 4.74 Å². The van der Waals surface area contributed by atoms with E-state index in [1.165, 1.54) is 0 Å². The monoisotopic (exact) mass is 365 g/mol. The number of ether oxygens (including phenoxy) is 1. The van der Waals surface area contributed by atoms with E-state index in [0.29, 0.717) is 13.2 Å². The topological polar surface area (TPSA) is 70.6 Å². The Kier molecular flexibility index (Phi) is 6.75. The molecule has 0 saturated carbocycles. The zero-order valence-corrected chi connectivity index (χ0v) is 15.6. The summed E-state index contributed by atoms with van der Waals surface area (Å²) in [6.45, 7) is 4.92. The standard InChI is InChI=1S/C17H27N5O2S/c1-24-9-4-18-16(23)14-2-5-21(6-3-14)15-12-19-17(20-13-15)22-7-10-25-11-8-22/h12-14H,2-11H2,1H3,(H,18,23). The molecule has 0 spiro atoms. The van der Waals surface area contributed by atoms with Crippen molar-refractivity contribution in [2.45, 2.75) is 12.8 Å². The molecule has 7 nitrogen and oxygen atoms in total. The molecular weight excluding hydrogens is 338 g/mol. The molecule has 2 saturated heterocycles. The molecule has 0 unspecified atom stereocenters. The number of hydrogen-bond donors (Lipinski definition) is 1. The average Bonchev–Trinajstić information content (AvgIpc) is 2.69. The van der Waals surface area contributed by atoms with Crippen LogP contribution < -0.4 is 15.1 Å². The maximum atomic E-state index is 12.1. The van der Waals surface area contributed by atoms with Gasteiger partial charge >= 0.3 is 0 Å². The first-order valence-corrected chi connectivity index (χ1v) is 10.1. The smallest absolute Gasteiger partial charge is 0.225 e. The number of nitrogens with one attached hydrogen (secondary N) is 1. The van der Waals surface area contributed by atoms with Crippen molar-refractivity contribution in [1.29, 1.82) is 0 Å². The van der Waals surface area contributed by atoms with E-state index >= 15 is 0 Å². The van der Waals surface area contributed by atoms with Crippen LogP contribution in [0.5, 0.6) is 0 Å². The third-order valence-electron chi connectivity index (χ3n) is 4.75. The number of amides is 1. The van der Waals surface area contributed by atoms with Gasteiger partial charge < -0.3 is 19.9 Å². The number of anilines is 2. The second-order valence-electron chi connectivity index (χ2n) is 6.39. The van der Waals surface area contributed by atoms with Crippen molar-refractivity contribution in [3.63, 3.8) is 0 Å². The predicted molar refractivity (Wildman–Crippen MR) is 101 cm³/mol. The van der Waals surface area contributed by atoms with Gasteiger partial charge in [-0.3, -0.25) is 4.79 Å². The molecule has 2 aliphatic rings. The molecule has 3 rings (SSSR count). The van der Waals surface area contributed by atoms with Gasteiger partial charge in [0.05, 0.1) is 24.7 Å². The van der Waals surface area contributed by atoms with Crippen LogP contribution in [0.2, 0.25) is 0 Å². The lowest BCUT2D eigenvalue weighted by Gasteiger charge is -2.33. The zero-order valence-electron chi connectivity index (χ0n) is 14.8. The van der Waals surface area contributed by atoms with Crippen molar-refractivity contribution in [3.8, 4) is 0 Å². The van der Waals surface area contributed by atoms with Crippen LogP contribution in [-0.4, -0.2) is 73.8 Å². The second kappa shape index (κ2) is 9.24. The Morgan fingerprint density at radius 1 is 1.20 bits per heavy atom. The quantitative estimate of drug-likeness (QED) is 0.755. The van der Waals surface area contributed by atoms with Crippen molar-refractivity contribution in [2.24, 2.45) is 5.92 Å². The molecule has 0 aromatic carbocycles. The Morgan fingerprint density at radius 2 is 1.88 bits per heavy atom. The van der Waals surface area contributed by atoms with Crippen LogP contribution >= 0.6 is 11.8 Å². The van der Waals surface area contributed by atoms with Gasteiger partial charge in [-0.15, -0.1) is 0 Å². The van der Waals surface area contributed by atoms with Crippen molar-refractivity contribution in [2.75, 3.05) is 67.7 Å². The highest BCUT2D eigenvalue weighted by Gasteiger charge is 2.25. The number of methoxy groups -OCH3 is 1. The maximum Gasteiger partial charge on any atom is 0.225 e. The van der Waals surface area contributed by atoms with Crippen LogP contribution in [-0.2, 0) is 9.53 Å². The van der Waals surface area contributed by atoms with Crippen molar-refractivity contribution in [1.82, 2.24) is 15.3 Å². The van der Waals surface area contributed by atoms with Crippen molar-refractivity contribution < 1.29 is 9.53 Å². The van der Waals surface area contributed by atoms with Crippen LogP contribution in [0.15, 0.2) is 12.4 Å². The molecule has 0 bridgehead atoms. The summed E-state index contributed by atoms with van der Waals surface area (Å²) in [6, 6.07) is 0. The van der Waals surface area contributed by atoms with Gasteiger partial charge in [0, 0.05) is 57.3 Å². The number of piperidine rings is 1. The van der Waals surface area contributed by atoms with Gasteiger partial charge in [0.2, 0.25) is 11.9 Å². The Bertz CT molecular complexity index is 542. The molecule has 8 heteroatoms. The first-order valence-electron chi connectivity index (χ1n) is 8.94. The summed E-state index contributed by atoms with van der Waals surface area (Å²) in [5.74, 6) is 3.36. The molecule has 1 aromatic heterocycles. The van der Waals surface area contributed by atoms with Crippen molar-refractivity contribution >= 4 is 29.3 Å². The lowest BCUT2D eigenvalue weighted by atomic mass is 9.96. The van der Waals surface area contributed by atoms with Gasteiger partial charge in [-0.1, -0.05) is 0 Å². The summed E-state index contributed by atoms with van der Waals surface area (Å²) in [4.78, 5) is 25.7.